The monoisotopic (exact) mass is 407 g/mol. The molecule has 1 rings (SSSR count). The summed E-state index contributed by atoms with van der Waals surface area (Å²) in [4.78, 5) is 4.71. The maximum Gasteiger partial charge on any atom is 0.200 e. The molecule has 0 aromatic rings. The summed E-state index contributed by atoms with van der Waals surface area (Å²) in [5.74, 6) is 1.24. The zero-order valence-corrected chi connectivity index (χ0v) is 20.0. The maximum atomic E-state index is 10.2. The van der Waals surface area contributed by atoms with E-state index in [1.54, 1.807) is 0 Å². The summed E-state index contributed by atoms with van der Waals surface area (Å²) in [5, 5.41) is 10.2. The summed E-state index contributed by atoms with van der Waals surface area (Å²) in [6, 6.07) is 0. The van der Waals surface area contributed by atoms with Crippen LogP contribution in [0.3, 0.4) is 0 Å². The molecule has 0 saturated carbocycles. The lowest BCUT2D eigenvalue weighted by molar-refractivity contribution is -0.882. The number of nitrogens with zero attached hydrogens (tertiary/aromatic N) is 2. The number of likely N-dealkylation sites (N-methyl/N-ethyl adjacent to an activating group) is 1. The molecule has 0 amide bonds. The third kappa shape index (κ3) is 10.8. The number of quaternary nitrogens is 1. The van der Waals surface area contributed by atoms with Crippen LogP contribution in [0.4, 0.5) is 0 Å². The SMILES string of the molecule is CCCCCCCCCC/C=C/CCCCCCCC1=NCC[N+]1(CC)C(C)O. The van der Waals surface area contributed by atoms with E-state index in [0.29, 0.717) is 4.48 Å². The van der Waals surface area contributed by atoms with Crippen molar-refractivity contribution in [3.8, 4) is 0 Å². The highest BCUT2D eigenvalue weighted by Gasteiger charge is 2.40. The second-order valence-electron chi connectivity index (χ2n) is 9.05. The zero-order valence-electron chi connectivity index (χ0n) is 20.0. The van der Waals surface area contributed by atoms with Crippen LogP contribution in [-0.4, -0.2) is 41.3 Å². The highest BCUT2D eigenvalue weighted by Crippen LogP contribution is 2.23. The van der Waals surface area contributed by atoms with Crippen molar-refractivity contribution in [1.82, 2.24) is 0 Å². The van der Waals surface area contributed by atoms with Crippen LogP contribution >= 0.6 is 0 Å². The molecule has 0 saturated heterocycles. The number of rotatable bonds is 19. The molecule has 1 aliphatic heterocycles. The normalized spacial score (nSPS) is 20.5. The topological polar surface area (TPSA) is 32.6 Å². The van der Waals surface area contributed by atoms with Crippen molar-refractivity contribution in [2.45, 2.75) is 130 Å². The van der Waals surface area contributed by atoms with E-state index in [-0.39, 0.29) is 6.23 Å². The first-order valence-electron chi connectivity index (χ1n) is 12.9. The van der Waals surface area contributed by atoms with Crippen molar-refractivity contribution in [2.75, 3.05) is 19.6 Å². The summed E-state index contributed by atoms with van der Waals surface area (Å²) >= 11 is 0. The molecule has 0 aromatic heterocycles. The van der Waals surface area contributed by atoms with Crippen molar-refractivity contribution < 1.29 is 9.59 Å². The van der Waals surface area contributed by atoms with Crippen molar-refractivity contribution in [3.05, 3.63) is 12.2 Å². The Morgan fingerprint density at radius 2 is 1.34 bits per heavy atom. The molecule has 29 heavy (non-hydrogen) atoms. The van der Waals surface area contributed by atoms with Crippen molar-refractivity contribution in [2.24, 2.45) is 4.99 Å². The summed E-state index contributed by atoms with van der Waals surface area (Å²) < 4.78 is 0.712. The Hall–Kier alpha value is -0.670. The average Bonchev–Trinajstić information content (AvgIpc) is 3.14. The minimum atomic E-state index is -0.321. The van der Waals surface area contributed by atoms with Gasteiger partial charge >= 0.3 is 0 Å². The smallest absolute Gasteiger partial charge is 0.200 e. The summed E-state index contributed by atoms with van der Waals surface area (Å²) in [7, 11) is 0. The Morgan fingerprint density at radius 3 is 1.86 bits per heavy atom. The van der Waals surface area contributed by atoms with Gasteiger partial charge in [0.25, 0.3) is 0 Å². The number of hydrogen-bond donors (Lipinski definition) is 1. The Labute approximate surface area is 182 Å². The number of allylic oxidation sites excluding steroid dienone is 2. The zero-order chi connectivity index (χ0) is 21.2. The molecule has 0 aromatic carbocycles. The summed E-state index contributed by atoms with van der Waals surface area (Å²) in [6.07, 6.45) is 25.9. The van der Waals surface area contributed by atoms with E-state index in [2.05, 4.69) is 26.0 Å². The minimum absolute atomic E-state index is 0.321. The number of hydrogen-bond acceptors (Lipinski definition) is 2. The Morgan fingerprint density at radius 1 is 0.828 bits per heavy atom. The quantitative estimate of drug-likeness (QED) is 0.135. The minimum Gasteiger partial charge on any atom is -0.345 e. The molecule has 0 radical (unpaired) electrons. The lowest BCUT2D eigenvalue weighted by Crippen LogP contribution is -2.56. The molecule has 2 atom stereocenters. The van der Waals surface area contributed by atoms with Gasteiger partial charge in [0, 0.05) is 13.3 Å². The van der Waals surface area contributed by atoms with E-state index < -0.39 is 0 Å². The molecular weight excluding hydrogens is 356 g/mol. The molecule has 0 spiro atoms. The molecule has 3 nitrogen and oxygen atoms in total. The first-order chi connectivity index (χ1) is 14.2. The van der Waals surface area contributed by atoms with Crippen LogP contribution in [0.25, 0.3) is 0 Å². The summed E-state index contributed by atoms with van der Waals surface area (Å²) in [6.45, 7) is 9.21. The highest BCUT2D eigenvalue weighted by atomic mass is 16.3. The van der Waals surface area contributed by atoms with Crippen LogP contribution in [0.2, 0.25) is 0 Å². The Bertz CT molecular complexity index is 444. The molecular formula is C26H51N2O+. The first kappa shape index (κ1) is 26.4. The van der Waals surface area contributed by atoms with Gasteiger partial charge in [-0.1, -0.05) is 83.3 Å². The molecule has 1 heterocycles. The van der Waals surface area contributed by atoms with Gasteiger partial charge in [-0.15, -0.1) is 0 Å². The first-order valence-corrected chi connectivity index (χ1v) is 12.9. The lowest BCUT2D eigenvalue weighted by atomic mass is 10.1. The third-order valence-electron chi connectivity index (χ3n) is 6.75. The Kier molecular flexibility index (Phi) is 15.5. The standard InChI is InChI=1S/C26H51N2O/c1-4-6-7-8-9-10-11-12-13-14-15-16-17-18-19-20-21-22-26-27-23-24-28(26,5-2)25(3)29/h14-15,25,29H,4-13,16-24H2,1-3H3/q+1/b15-14+. The Balaban J connectivity index is 1.91. The number of aliphatic imine (C=N–C) groups is 1. The fourth-order valence-corrected chi connectivity index (χ4v) is 4.64. The van der Waals surface area contributed by atoms with E-state index in [0.717, 1.165) is 26.1 Å². The molecule has 170 valence electrons. The van der Waals surface area contributed by atoms with Crippen LogP contribution in [-0.2, 0) is 0 Å². The molecule has 0 bridgehead atoms. The van der Waals surface area contributed by atoms with Crippen LogP contribution in [0.1, 0.15) is 124 Å². The molecule has 2 unspecified atom stereocenters. The second-order valence-corrected chi connectivity index (χ2v) is 9.05. The predicted molar refractivity (Wildman–Crippen MR) is 128 cm³/mol. The van der Waals surface area contributed by atoms with Crippen LogP contribution in [0.5, 0.6) is 0 Å². The lowest BCUT2D eigenvalue weighted by Gasteiger charge is -2.36. The highest BCUT2D eigenvalue weighted by molar-refractivity contribution is 5.76. The van der Waals surface area contributed by atoms with E-state index >= 15 is 0 Å². The van der Waals surface area contributed by atoms with Gasteiger partial charge in [-0.2, -0.15) is 0 Å². The number of unbranched alkanes of at least 4 members (excludes halogenated alkanes) is 13. The van der Waals surface area contributed by atoms with Gasteiger partial charge in [-0.3, -0.25) is 4.48 Å². The molecule has 1 N–H and O–H groups in total. The van der Waals surface area contributed by atoms with Crippen molar-refractivity contribution >= 4 is 5.84 Å². The van der Waals surface area contributed by atoms with Gasteiger partial charge in [0.05, 0.1) is 13.1 Å². The van der Waals surface area contributed by atoms with E-state index in [4.69, 9.17) is 4.99 Å². The number of amidine groups is 1. The van der Waals surface area contributed by atoms with E-state index in [1.165, 1.54) is 102 Å². The molecule has 3 heteroatoms. The van der Waals surface area contributed by atoms with Gasteiger partial charge in [0.2, 0.25) is 5.84 Å². The summed E-state index contributed by atoms with van der Waals surface area (Å²) in [5.41, 5.74) is 0. The fraction of sp³-hybridized carbons (Fsp3) is 0.885. The van der Waals surface area contributed by atoms with Crippen LogP contribution in [0.15, 0.2) is 17.1 Å². The van der Waals surface area contributed by atoms with Gasteiger partial charge in [-0.05, 0) is 39.0 Å². The van der Waals surface area contributed by atoms with Crippen molar-refractivity contribution in [1.29, 1.82) is 0 Å². The number of aliphatic hydroxyl groups is 1. The fourth-order valence-electron chi connectivity index (χ4n) is 4.64. The third-order valence-corrected chi connectivity index (χ3v) is 6.75. The van der Waals surface area contributed by atoms with Gasteiger partial charge in [0.1, 0.15) is 6.54 Å². The van der Waals surface area contributed by atoms with Gasteiger partial charge in [0.15, 0.2) is 6.23 Å². The van der Waals surface area contributed by atoms with Gasteiger partial charge in [-0.25, -0.2) is 4.99 Å². The molecule has 0 fully saturated rings. The van der Waals surface area contributed by atoms with Gasteiger partial charge < -0.3 is 5.11 Å². The molecule has 0 aliphatic carbocycles. The molecule has 1 aliphatic rings. The average molecular weight is 408 g/mol. The van der Waals surface area contributed by atoms with E-state index in [9.17, 15) is 5.11 Å². The van der Waals surface area contributed by atoms with Crippen molar-refractivity contribution in [3.63, 3.8) is 0 Å². The van der Waals surface area contributed by atoms with E-state index in [1.807, 2.05) is 6.92 Å². The van der Waals surface area contributed by atoms with Crippen LogP contribution in [0, 0.1) is 0 Å². The second kappa shape index (κ2) is 17.1. The van der Waals surface area contributed by atoms with Crippen LogP contribution < -0.4 is 0 Å². The largest absolute Gasteiger partial charge is 0.345 e. The maximum absolute atomic E-state index is 10.2. The predicted octanol–water partition coefficient (Wildman–Crippen LogP) is 7.39. The number of aliphatic hydroxyl groups excluding tert-OH is 1.